The van der Waals surface area contributed by atoms with Gasteiger partial charge in [-0.25, -0.2) is 0 Å². The summed E-state index contributed by atoms with van der Waals surface area (Å²) in [6.07, 6.45) is 5.61. The quantitative estimate of drug-likeness (QED) is 0.758. The Bertz CT molecular complexity index is 558. The lowest BCUT2D eigenvalue weighted by Gasteiger charge is -2.45. The number of fused-ring (bicyclic) bond motifs is 2. The third-order valence-electron chi connectivity index (χ3n) is 7.62. The fourth-order valence-corrected chi connectivity index (χ4v) is 5.78. The molecule has 28 heavy (non-hydrogen) atoms. The van der Waals surface area contributed by atoms with Gasteiger partial charge in [0, 0.05) is 51.2 Å². The molecule has 4 rings (SSSR count). The Labute approximate surface area is 168 Å². The van der Waals surface area contributed by atoms with Crippen LogP contribution in [-0.2, 0) is 14.3 Å². The summed E-state index contributed by atoms with van der Waals surface area (Å²) < 4.78 is 5.35. The molecule has 7 nitrogen and oxygen atoms in total. The van der Waals surface area contributed by atoms with E-state index in [2.05, 4.69) is 4.90 Å². The molecule has 4 aliphatic rings. The molecule has 7 heteroatoms. The van der Waals surface area contributed by atoms with Crippen molar-refractivity contribution in [1.82, 2.24) is 14.7 Å². The highest BCUT2D eigenvalue weighted by Crippen LogP contribution is 2.42. The summed E-state index contributed by atoms with van der Waals surface area (Å²) in [4.78, 5) is 32.0. The molecule has 158 valence electrons. The standard InChI is InChI=1S/C21H36N4O3/c1-15(20(26)25-9-11-28-12-10-25)23-5-7-24(8-6-23)21(27)18-13-16-3-2-4-17(14-18)19(16)22/h15-19H,2-14,22H2,1H3. The molecule has 2 amide bonds. The highest BCUT2D eigenvalue weighted by Gasteiger charge is 2.42. The molecular weight excluding hydrogens is 356 g/mol. The third-order valence-corrected chi connectivity index (χ3v) is 7.62. The molecule has 2 heterocycles. The van der Waals surface area contributed by atoms with Crippen LogP contribution >= 0.6 is 0 Å². The molecule has 0 spiro atoms. The minimum absolute atomic E-state index is 0.123. The van der Waals surface area contributed by atoms with E-state index in [9.17, 15) is 9.59 Å². The van der Waals surface area contributed by atoms with E-state index in [1.807, 2.05) is 16.7 Å². The summed E-state index contributed by atoms with van der Waals surface area (Å²) in [5.41, 5.74) is 6.39. The van der Waals surface area contributed by atoms with Gasteiger partial charge in [0.05, 0.1) is 19.3 Å². The summed E-state index contributed by atoms with van der Waals surface area (Å²) in [5, 5.41) is 0. The number of carbonyl (C=O) groups excluding carboxylic acids is 2. The van der Waals surface area contributed by atoms with Crippen molar-refractivity contribution in [2.24, 2.45) is 23.5 Å². The van der Waals surface area contributed by atoms with Crippen molar-refractivity contribution >= 4 is 11.8 Å². The van der Waals surface area contributed by atoms with Gasteiger partial charge in [0.25, 0.3) is 0 Å². The van der Waals surface area contributed by atoms with Crippen LogP contribution in [-0.4, -0.2) is 91.1 Å². The Kier molecular flexibility index (Phi) is 6.23. The van der Waals surface area contributed by atoms with Crippen LogP contribution in [0.2, 0.25) is 0 Å². The first-order valence-corrected chi connectivity index (χ1v) is 11.2. The lowest BCUT2D eigenvalue weighted by molar-refractivity contribution is -0.144. The number of piperazine rings is 1. The SMILES string of the molecule is CC(C(=O)N1CCOCC1)N1CCN(C(=O)C2CC3CCCC(C2)C3N)CC1. The molecule has 2 aliphatic carbocycles. The fourth-order valence-electron chi connectivity index (χ4n) is 5.78. The zero-order valence-electron chi connectivity index (χ0n) is 17.2. The number of hydrogen-bond donors (Lipinski definition) is 1. The second-order valence-electron chi connectivity index (χ2n) is 9.17. The lowest BCUT2D eigenvalue weighted by atomic mass is 9.65. The monoisotopic (exact) mass is 392 g/mol. The molecule has 2 saturated carbocycles. The summed E-state index contributed by atoms with van der Waals surface area (Å²) in [6, 6.07) is 0.184. The summed E-state index contributed by atoms with van der Waals surface area (Å²) in [6.45, 7) is 7.67. The van der Waals surface area contributed by atoms with Gasteiger partial charge in [0.2, 0.25) is 11.8 Å². The van der Waals surface area contributed by atoms with Crippen LogP contribution in [0.4, 0.5) is 0 Å². The molecule has 2 N–H and O–H groups in total. The maximum atomic E-state index is 13.1. The van der Waals surface area contributed by atoms with Crippen LogP contribution in [0.15, 0.2) is 0 Å². The van der Waals surface area contributed by atoms with Gasteiger partial charge in [-0.2, -0.15) is 0 Å². The van der Waals surface area contributed by atoms with Gasteiger partial charge >= 0.3 is 0 Å². The van der Waals surface area contributed by atoms with E-state index >= 15 is 0 Å². The van der Waals surface area contributed by atoms with Crippen molar-refractivity contribution in [3.63, 3.8) is 0 Å². The van der Waals surface area contributed by atoms with Crippen LogP contribution < -0.4 is 5.73 Å². The van der Waals surface area contributed by atoms with E-state index in [0.717, 1.165) is 39.0 Å². The van der Waals surface area contributed by atoms with Gasteiger partial charge in [-0.15, -0.1) is 0 Å². The topological polar surface area (TPSA) is 79.1 Å². The Hall–Kier alpha value is -1.18. The van der Waals surface area contributed by atoms with Crippen molar-refractivity contribution in [3.8, 4) is 0 Å². The smallest absolute Gasteiger partial charge is 0.239 e. The summed E-state index contributed by atoms with van der Waals surface area (Å²) in [5.74, 6) is 1.75. The van der Waals surface area contributed by atoms with E-state index in [4.69, 9.17) is 10.5 Å². The predicted octanol–water partition coefficient (Wildman–Crippen LogP) is 0.532. The van der Waals surface area contributed by atoms with Crippen molar-refractivity contribution in [1.29, 1.82) is 0 Å². The molecule has 3 atom stereocenters. The zero-order chi connectivity index (χ0) is 19.7. The average Bonchev–Trinajstić information content (AvgIpc) is 2.73. The minimum Gasteiger partial charge on any atom is -0.378 e. The number of carbonyl (C=O) groups is 2. The lowest BCUT2D eigenvalue weighted by Crippen LogP contribution is -2.58. The molecule has 0 aromatic rings. The van der Waals surface area contributed by atoms with Crippen molar-refractivity contribution in [3.05, 3.63) is 0 Å². The Morgan fingerprint density at radius 3 is 2.14 bits per heavy atom. The second-order valence-corrected chi connectivity index (χ2v) is 9.17. The molecule has 2 bridgehead atoms. The Morgan fingerprint density at radius 1 is 0.929 bits per heavy atom. The first-order valence-electron chi connectivity index (χ1n) is 11.2. The van der Waals surface area contributed by atoms with Crippen LogP contribution in [0.5, 0.6) is 0 Å². The molecule has 2 aliphatic heterocycles. The first kappa shape index (κ1) is 20.1. The van der Waals surface area contributed by atoms with E-state index in [1.165, 1.54) is 19.3 Å². The summed E-state index contributed by atoms with van der Waals surface area (Å²) >= 11 is 0. The number of nitrogens with two attached hydrogens (primary N) is 1. The van der Waals surface area contributed by atoms with Crippen LogP contribution in [0, 0.1) is 17.8 Å². The average molecular weight is 393 g/mol. The maximum Gasteiger partial charge on any atom is 0.239 e. The van der Waals surface area contributed by atoms with E-state index in [0.29, 0.717) is 50.1 Å². The highest BCUT2D eigenvalue weighted by atomic mass is 16.5. The number of ether oxygens (including phenoxy) is 1. The number of nitrogens with zero attached hydrogens (tertiary/aromatic N) is 3. The predicted molar refractivity (Wildman–Crippen MR) is 107 cm³/mol. The zero-order valence-corrected chi connectivity index (χ0v) is 17.2. The van der Waals surface area contributed by atoms with Gasteiger partial charge in [0.15, 0.2) is 0 Å². The highest BCUT2D eigenvalue weighted by molar-refractivity contribution is 5.82. The normalized spacial score (nSPS) is 35.5. The minimum atomic E-state index is -0.123. The molecule has 0 aromatic carbocycles. The van der Waals surface area contributed by atoms with Crippen LogP contribution in [0.25, 0.3) is 0 Å². The molecule has 0 aromatic heterocycles. The van der Waals surface area contributed by atoms with Crippen molar-refractivity contribution < 1.29 is 14.3 Å². The Morgan fingerprint density at radius 2 is 1.54 bits per heavy atom. The second kappa shape index (κ2) is 8.67. The molecule has 4 fully saturated rings. The van der Waals surface area contributed by atoms with Crippen LogP contribution in [0.1, 0.15) is 39.0 Å². The first-order chi connectivity index (χ1) is 13.5. The largest absolute Gasteiger partial charge is 0.378 e. The number of hydrogen-bond acceptors (Lipinski definition) is 5. The number of amides is 2. The van der Waals surface area contributed by atoms with E-state index in [1.54, 1.807) is 0 Å². The molecule has 3 unspecified atom stereocenters. The summed E-state index contributed by atoms with van der Waals surface area (Å²) in [7, 11) is 0. The van der Waals surface area contributed by atoms with Crippen LogP contribution in [0.3, 0.4) is 0 Å². The molecule has 2 saturated heterocycles. The van der Waals surface area contributed by atoms with Gasteiger partial charge in [0.1, 0.15) is 0 Å². The molecular formula is C21H36N4O3. The fraction of sp³-hybridized carbons (Fsp3) is 0.905. The third kappa shape index (κ3) is 4.07. The van der Waals surface area contributed by atoms with Gasteiger partial charge in [-0.1, -0.05) is 6.42 Å². The van der Waals surface area contributed by atoms with Gasteiger partial charge in [-0.3, -0.25) is 14.5 Å². The number of rotatable bonds is 3. The van der Waals surface area contributed by atoms with E-state index in [-0.39, 0.29) is 17.9 Å². The van der Waals surface area contributed by atoms with E-state index < -0.39 is 0 Å². The molecule has 0 radical (unpaired) electrons. The maximum absolute atomic E-state index is 13.1. The van der Waals surface area contributed by atoms with Gasteiger partial charge < -0.3 is 20.3 Å². The van der Waals surface area contributed by atoms with Gasteiger partial charge in [-0.05, 0) is 44.4 Å². The van der Waals surface area contributed by atoms with Crippen molar-refractivity contribution in [2.45, 2.75) is 51.1 Å². The van der Waals surface area contributed by atoms with Crippen molar-refractivity contribution in [2.75, 3.05) is 52.5 Å². The number of morpholine rings is 1. The Balaban J connectivity index is 1.28.